The zero-order valence-corrected chi connectivity index (χ0v) is 23.2. The molecule has 0 spiro atoms. The van der Waals surface area contributed by atoms with Crippen LogP contribution in [0.4, 0.5) is 42.1 Å². The van der Waals surface area contributed by atoms with Crippen LogP contribution in [0, 0.1) is 6.92 Å². The SMILES string of the molecule is Cc1ccc(C(=O)Nc2cccc(C(F)(F)F)c2)cc1N(c1cc(NCCN2CCN(C)CC2)ncn1)c1ncn[nH]1. The lowest BCUT2D eigenvalue weighted by atomic mass is 10.1. The lowest BCUT2D eigenvalue weighted by Crippen LogP contribution is -2.45. The van der Waals surface area contributed by atoms with Crippen molar-refractivity contribution in [3.05, 3.63) is 77.9 Å². The predicted octanol–water partition coefficient (Wildman–Crippen LogP) is 4.30. The molecule has 0 saturated carbocycles. The highest BCUT2D eigenvalue weighted by Crippen LogP contribution is 2.35. The molecule has 1 saturated heterocycles. The third-order valence-electron chi connectivity index (χ3n) is 6.99. The zero-order valence-electron chi connectivity index (χ0n) is 23.2. The molecule has 3 N–H and O–H groups in total. The van der Waals surface area contributed by atoms with Gasteiger partial charge in [-0.15, -0.1) is 0 Å². The van der Waals surface area contributed by atoms with Gasteiger partial charge in [0.2, 0.25) is 5.95 Å². The summed E-state index contributed by atoms with van der Waals surface area (Å²) in [4.78, 5) is 32.7. The average molecular weight is 581 g/mol. The molecule has 0 bridgehead atoms. The van der Waals surface area contributed by atoms with E-state index in [9.17, 15) is 18.0 Å². The summed E-state index contributed by atoms with van der Waals surface area (Å²) in [6.07, 6.45) is -1.72. The van der Waals surface area contributed by atoms with Crippen molar-refractivity contribution in [2.45, 2.75) is 13.1 Å². The maximum atomic E-state index is 13.2. The fourth-order valence-electron chi connectivity index (χ4n) is 4.60. The van der Waals surface area contributed by atoms with Gasteiger partial charge in [-0.3, -0.25) is 14.6 Å². The number of aromatic nitrogens is 5. The molecule has 1 fully saturated rings. The number of piperazine rings is 1. The molecule has 0 atom stereocenters. The van der Waals surface area contributed by atoms with E-state index >= 15 is 0 Å². The molecule has 4 aromatic rings. The van der Waals surface area contributed by atoms with Crippen molar-refractivity contribution >= 4 is 34.9 Å². The molecular weight excluding hydrogens is 549 g/mol. The van der Waals surface area contributed by atoms with Gasteiger partial charge in [0, 0.05) is 56.6 Å². The van der Waals surface area contributed by atoms with Gasteiger partial charge in [0.15, 0.2) is 0 Å². The number of aromatic amines is 1. The Balaban J connectivity index is 1.37. The topological polar surface area (TPSA) is 118 Å². The van der Waals surface area contributed by atoms with Gasteiger partial charge in [0.25, 0.3) is 5.91 Å². The highest BCUT2D eigenvalue weighted by atomic mass is 19.4. The van der Waals surface area contributed by atoms with Crippen molar-refractivity contribution in [1.82, 2.24) is 34.9 Å². The van der Waals surface area contributed by atoms with Gasteiger partial charge in [-0.25, -0.2) is 15.1 Å². The molecule has 2 aromatic carbocycles. The van der Waals surface area contributed by atoms with Crippen LogP contribution in [-0.2, 0) is 6.18 Å². The summed E-state index contributed by atoms with van der Waals surface area (Å²) in [5, 5.41) is 12.7. The van der Waals surface area contributed by atoms with E-state index in [0.717, 1.165) is 50.4 Å². The lowest BCUT2D eigenvalue weighted by molar-refractivity contribution is -0.137. The molecule has 42 heavy (non-hydrogen) atoms. The number of alkyl halides is 3. The number of nitrogens with one attached hydrogen (secondary N) is 3. The average Bonchev–Trinajstić information content (AvgIpc) is 3.50. The number of carbonyl (C=O) groups excluding carboxylic acids is 1. The zero-order chi connectivity index (χ0) is 29.7. The minimum absolute atomic E-state index is 0.0344. The highest BCUT2D eigenvalue weighted by molar-refractivity contribution is 6.05. The Kier molecular flexibility index (Phi) is 8.64. The second kappa shape index (κ2) is 12.5. The van der Waals surface area contributed by atoms with E-state index in [0.29, 0.717) is 29.8 Å². The number of benzene rings is 2. The first-order valence-electron chi connectivity index (χ1n) is 13.4. The normalized spacial score (nSPS) is 14.5. The molecule has 0 unspecified atom stereocenters. The molecular formula is C28H31F3N10O. The van der Waals surface area contributed by atoms with Crippen molar-refractivity contribution < 1.29 is 18.0 Å². The Morgan fingerprint density at radius 3 is 2.57 bits per heavy atom. The largest absolute Gasteiger partial charge is 0.416 e. The predicted molar refractivity (Wildman–Crippen MR) is 153 cm³/mol. The van der Waals surface area contributed by atoms with Crippen molar-refractivity contribution in [2.24, 2.45) is 0 Å². The van der Waals surface area contributed by atoms with E-state index < -0.39 is 17.6 Å². The summed E-state index contributed by atoms with van der Waals surface area (Å²) in [6, 6.07) is 11.3. The van der Waals surface area contributed by atoms with E-state index in [1.165, 1.54) is 24.8 Å². The summed E-state index contributed by atoms with van der Waals surface area (Å²) in [7, 11) is 2.12. The Morgan fingerprint density at radius 1 is 1.02 bits per heavy atom. The molecule has 2 aromatic heterocycles. The summed E-state index contributed by atoms with van der Waals surface area (Å²) in [5.41, 5.74) is 0.790. The van der Waals surface area contributed by atoms with Gasteiger partial charge in [-0.1, -0.05) is 12.1 Å². The third-order valence-corrected chi connectivity index (χ3v) is 6.99. The smallest absolute Gasteiger partial charge is 0.369 e. The minimum atomic E-state index is -4.52. The van der Waals surface area contributed by atoms with Crippen LogP contribution < -0.4 is 15.5 Å². The third kappa shape index (κ3) is 7.01. The van der Waals surface area contributed by atoms with Crippen LogP contribution in [0.3, 0.4) is 0 Å². The number of H-pyrrole nitrogens is 1. The molecule has 11 nitrogen and oxygen atoms in total. The fraction of sp³-hybridized carbons (Fsp3) is 0.321. The standard InChI is InChI=1S/C28H31F3N10O/c1-19-6-7-20(26(42)37-22-5-3-4-21(15-22)28(29,30)31)14-23(19)41(27-35-18-36-38-27)25-16-24(33-17-34-25)32-8-9-40-12-10-39(2)11-13-40/h3-7,14-18H,8-13H2,1-2H3,(H,37,42)(H,32,33,34)(H,35,36,38). The van der Waals surface area contributed by atoms with Gasteiger partial charge in [0.1, 0.15) is 24.3 Å². The van der Waals surface area contributed by atoms with Gasteiger partial charge in [-0.05, 0) is 49.9 Å². The summed E-state index contributed by atoms with van der Waals surface area (Å²) < 4.78 is 39.5. The van der Waals surface area contributed by atoms with E-state index in [1.807, 2.05) is 6.92 Å². The van der Waals surface area contributed by atoms with E-state index in [1.54, 1.807) is 29.2 Å². The summed E-state index contributed by atoms with van der Waals surface area (Å²) >= 11 is 0. The van der Waals surface area contributed by atoms with E-state index in [4.69, 9.17) is 0 Å². The molecule has 1 aliphatic heterocycles. The second-order valence-electron chi connectivity index (χ2n) is 10.0. The molecule has 5 rings (SSSR count). The fourth-order valence-corrected chi connectivity index (χ4v) is 4.60. The van der Waals surface area contributed by atoms with E-state index in [-0.39, 0.29) is 11.3 Å². The van der Waals surface area contributed by atoms with E-state index in [2.05, 4.69) is 52.6 Å². The number of amides is 1. The molecule has 14 heteroatoms. The minimum Gasteiger partial charge on any atom is -0.369 e. The number of carbonyl (C=O) groups is 1. The van der Waals surface area contributed by atoms with Crippen LogP contribution in [0.2, 0.25) is 0 Å². The van der Waals surface area contributed by atoms with Gasteiger partial charge < -0.3 is 15.5 Å². The van der Waals surface area contributed by atoms with Crippen molar-refractivity contribution in [1.29, 1.82) is 0 Å². The highest BCUT2D eigenvalue weighted by Gasteiger charge is 2.30. The molecule has 1 amide bonds. The molecule has 0 radical (unpaired) electrons. The Morgan fingerprint density at radius 2 is 1.83 bits per heavy atom. The summed E-state index contributed by atoms with van der Waals surface area (Å²) in [6.45, 7) is 7.56. The van der Waals surface area contributed by atoms with Crippen LogP contribution in [0.1, 0.15) is 21.5 Å². The van der Waals surface area contributed by atoms with Crippen molar-refractivity contribution in [3.63, 3.8) is 0 Å². The Hall–Kier alpha value is -4.56. The maximum absolute atomic E-state index is 13.2. The molecule has 3 heterocycles. The van der Waals surface area contributed by atoms with Crippen LogP contribution in [0.15, 0.2) is 61.2 Å². The van der Waals surface area contributed by atoms with Gasteiger partial charge in [0.05, 0.1) is 11.3 Å². The van der Waals surface area contributed by atoms with Gasteiger partial charge >= 0.3 is 6.18 Å². The lowest BCUT2D eigenvalue weighted by Gasteiger charge is -2.32. The molecule has 0 aliphatic carbocycles. The molecule has 1 aliphatic rings. The Bertz CT molecular complexity index is 1500. The van der Waals surface area contributed by atoms with Crippen LogP contribution in [0.5, 0.6) is 0 Å². The second-order valence-corrected chi connectivity index (χ2v) is 10.0. The number of anilines is 5. The number of likely N-dealkylation sites (N-methyl/N-ethyl adjacent to an activating group) is 1. The first-order chi connectivity index (χ1) is 20.2. The first kappa shape index (κ1) is 29.0. The van der Waals surface area contributed by atoms with Crippen molar-refractivity contribution in [2.75, 3.05) is 61.8 Å². The first-order valence-corrected chi connectivity index (χ1v) is 13.4. The number of halogens is 3. The maximum Gasteiger partial charge on any atom is 0.416 e. The quantitative estimate of drug-likeness (QED) is 0.266. The van der Waals surface area contributed by atoms with Crippen LogP contribution in [0.25, 0.3) is 0 Å². The summed E-state index contributed by atoms with van der Waals surface area (Å²) in [5.74, 6) is 0.884. The Labute approximate surface area is 240 Å². The number of hydrogen-bond donors (Lipinski definition) is 3. The van der Waals surface area contributed by atoms with Crippen LogP contribution >= 0.6 is 0 Å². The number of hydrogen-bond acceptors (Lipinski definition) is 9. The number of aryl methyl sites for hydroxylation is 1. The number of nitrogens with zero attached hydrogens (tertiary/aromatic N) is 7. The van der Waals surface area contributed by atoms with Crippen LogP contribution in [-0.4, -0.2) is 87.2 Å². The number of rotatable bonds is 9. The van der Waals surface area contributed by atoms with Gasteiger partial charge in [-0.2, -0.15) is 23.3 Å². The monoisotopic (exact) mass is 580 g/mol. The van der Waals surface area contributed by atoms with Crippen molar-refractivity contribution in [3.8, 4) is 0 Å². The molecule has 220 valence electrons.